The molecule has 0 aromatic carbocycles. The van der Waals surface area contributed by atoms with Crippen molar-refractivity contribution in [3.8, 4) is 0 Å². The van der Waals surface area contributed by atoms with Crippen LogP contribution in [-0.2, 0) is 9.53 Å². The lowest BCUT2D eigenvalue weighted by atomic mass is 10.1. The van der Waals surface area contributed by atoms with Crippen LogP contribution in [0, 0.1) is 5.92 Å². The molecule has 2 heterocycles. The molecule has 4 nitrogen and oxygen atoms in total. The summed E-state index contributed by atoms with van der Waals surface area (Å²) in [5, 5.41) is 1.01. The second-order valence-electron chi connectivity index (χ2n) is 3.91. The van der Waals surface area contributed by atoms with Crippen molar-refractivity contribution in [2.24, 2.45) is 5.92 Å². The fraction of sp³-hybridized carbons (Fsp3) is 0.455. The van der Waals surface area contributed by atoms with Crippen molar-refractivity contribution in [2.45, 2.75) is 6.42 Å². The topological polar surface area (TPSA) is 42.4 Å². The summed E-state index contributed by atoms with van der Waals surface area (Å²) in [6.45, 7) is 1.33. The highest BCUT2D eigenvalue weighted by atomic mass is 35.5. The number of carbonyl (C=O) groups excluding carboxylic acids is 1. The Hall–Kier alpha value is -1.000. The molecule has 1 atom stereocenters. The van der Waals surface area contributed by atoms with Crippen LogP contribution in [0.5, 0.6) is 0 Å². The molecule has 0 spiro atoms. The summed E-state index contributed by atoms with van der Waals surface area (Å²) in [4.78, 5) is 17.6. The molecule has 0 bridgehead atoms. The lowest BCUT2D eigenvalue weighted by Crippen LogP contribution is -2.24. The van der Waals surface area contributed by atoms with Gasteiger partial charge in [-0.3, -0.25) is 4.79 Å². The van der Waals surface area contributed by atoms with Gasteiger partial charge in [0.05, 0.1) is 23.1 Å². The summed E-state index contributed by atoms with van der Waals surface area (Å²) >= 11 is 11.9. The molecule has 1 saturated heterocycles. The van der Waals surface area contributed by atoms with E-state index in [2.05, 4.69) is 4.98 Å². The lowest BCUT2D eigenvalue weighted by Gasteiger charge is -2.18. The minimum atomic E-state index is -0.183. The van der Waals surface area contributed by atoms with E-state index in [4.69, 9.17) is 27.9 Å². The van der Waals surface area contributed by atoms with Gasteiger partial charge in [-0.2, -0.15) is 0 Å². The van der Waals surface area contributed by atoms with Crippen LogP contribution >= 0.6 is 23.2 Å². The van der Waals surface area contributed by atoms with Crippen LogP contribution in [0.4, 0.5) is 5.82 Å². The van der Waals surface area contributed by atoms with Crippen molar-refractivity contribution in [1.29, 1.82) is 0 Å². The zero-order chi connectivity index (χ0) is 12.4. The highest BCUT2D eigenvalue weighted by molar-refractivity contribution is 6.36. The number of halogens is 2. The predicted octanol–water partition coefficient (Wildman–Crippen LogP) is 2.39. The number of hydrogen-bond acceptors (Lipinski definition) is 4. The Bertz CT molecular complexity index is 439. The molecule has 1 aliphatic rings. The van der Waals surface area contributed by atoms with Gasteiger partial charge in [-0.1, -0.05) is 23.2 Å². The monoisotopic (exact) mass is 274 g/mol. The van der Waals surface area contributed by atoms with Gasteiger partial charge in [0, 0.05) is 19.3 Å². The molecule has 0 aliphatic carbocycles. The largest absolute Gasteiger partial charge is 0.469 e. The summed E-state index contributed by atoms with van der Waals surface area (Å²) in [5.74, 6) is 0.383. The van der Waals surface area contributed by atoms with E-state index in [1.54, 1.807) is 12.3 Å². The van der Waals surface area contributed by atoms with Gasteiger partial charge in [0.25, 0.3) is 0 Å². The minimum absolute atomic E-state index is 0.103. The molecule has 6 heteroatoms. The van der Waals surface area contributed by atoms with E-state index in [-0.39, 0.29) is 11.9 Å². The third kappa shape index (κ3) is 2.64. The quantitative estimate of drug-likeness (QED) is 0.777. The Labute approximate surface area is 109 Å². The zero-order valence-corrected chi connectivity index (χ0v) is 10.8. The molecular formula is C11H12Cl2N2O2. The second-order valence-corrected chi connectivity index (χ2v) is 4.76. The number of esters is 1. The number of ether oxygens (including phenoxy) is 1. The average molecular weight is 275 g/mol. The maximum absolute atomic E-state index is 11.4. The first-order valence-electron chi connectivity index (χ1n) is 5.25. The maximum atomic E-state index is 11.4. The average Bonchev–Trinajstić information content (AvgIpc) is 2.77. The molecule has 0 amide bonds. The summed E-state index contributed by atoms with van der Waals surface area (Å²) in [6, 6.07) is 1.65. The van der Waals surface area contributed by atoms with Gasteiger partial charge in [0.15, 0.2) is 0 Å². The van der Waals surface area contributed by atoms with E-state index >= 15 is 0 Å². The van der Waals surface area contributed by atoms with Crippen LogP contribution in [-0.4, -0.2) is 31.2 Å². The fourth-order valence-corrected chi connectivity index (χ4v) is 2.45. The van der Waals surface area contributed by atoms with E-state index in [0.29, 0.717) is 22.4 Å². The van der Waals surface area contributed by atoms with E-state index in [1.807, 2.05) is 4.90 Å². The normalized spacial score (nSPS) is 19.5. The van der Waals surface area contributed by atoms with Crippen LogP contribution in [0.2, 0.25) is 10.0 Å². The second kappa shape index (κ2) is 5.10. The zero-order valence-electron chi connectivity index (χ0n) is 9.32. The van der Waals surface area contributed by atoms with E-state index in [9.17, 15) is 4.79 Å². The first-order chi connectivity index (χ1) is 8.11. The molecule has 0 N–H and O–H groups in total. The molecule has 1 aromatic heterocycles. The smallest absolute Gasteiger partial charge is 0.310 e. The number of carbonyl (C=O) groups is 1. The summed E-state index contributed by atoms with van der Waals surface area (Å²) in [5.41, 5.74) is 0. The minimum Gasteiger partial charge on any atom is -0.469 e. The van der Waals surface area contributed by atoms with Gasteiger partial charge >= 0.3 is 5.97 Å². The van der Waals surface area contributed by atoms with Gasteiger partial charge < -0.3 is 9.64 Å². The number of anilines is 1. The lowest BCUT2D eigenvalue weighted by molar-refractivity contribution is -0.144. The first-order valence-corrected chi connectivity index (χ1v) is 6.01. The Morgan fingerprint density at radius 2 is 2.35 bits per heavy atom. The third-order valence-electron chi connectivity index (χ3n) is 2.81. The molecule has 0 radical (unpaired) electrons. The van der Waals surface area contributed by atoms with Gasteiger partial charge in [0.1, 0.15) is 5.82 Å². The van der Waals surface area contributed by atoms with Crippen molar-refractivity contribution in [2.75, 3.05) is 25.1 Å². The molecule has 0 saturated carbocycles. The number of nitrogens with zero attached hydrogens (tertiary/aromatic N) is 2. The van der Waals surface area contributed by atoms with Crippen LogP contribution in [0.3, 0.4) is 0 Å². The molecule has 1 unspecified atom stereocenters. The van der Waals surface area contributed by atoms with E-state index < -0.39 is 0 Å². The first kappa shape index (κ1) is 12.5. The van der Waals surface area contributed by atoms with Crippen LogP contribution in [0.25, 0.3) is 0 Å². The summed E-state index contributed by atoms with van der Waals surface area (Å²) < 4.78 is 4.73. The van der Waals surface area contributed by atoms with Crippen LogP contribution in [0.15, 0.2) is 12.3 Å². The van der Waals surface area contributed by atoms with Gasteiger partial charge in [-0.15, -0.1) is 0 Å². The molecule has 1 aromatic rings. The molecule has 1 aliphatic heterocycles. The predicted molar refractivity (Wildman–Crippen MR) is 66.6 cm³/mol. The molecule has 2 rings (SSSR count). The van der Waals surface area contributed by atoms with Gasteiger partial charge in [-0.05, 0) is 12.5 Å². The van der Waals surface area contributed by atoms with Crippen molar-refractivity contribution >= 4 is 35.0 Å². The Morgan fingerprint density at radius 1 is 1.59 bits per heavy atom. The molecule has 1 fully saturated rings. The number of rotatable bonds is 2. The van der Waals surface area contributed by atoms with Gasteiger partial charge in [-0.25, -0.2) is 4.98 Å². The van der Waals surface area contributed by atoms with Crippen LogP contribution in [0.1, 0.15) is 6.42 Å². The number of aromatic nitrogens is 1. The van der Waals surface area contributed by atoms with E-state index in [0.717, 1.165) is 13.0 Å². The number of methoxy groups -OCH3 is 1. The SMILES string of the molecule is COC(=O)C1CCN(c2ncc(Cl)cc2Cl)C1. The van der Waals surface area contributed by atoms with Crippen molar-refractivity contribution < 1.29 is 9.53 Å². The van der Waals surface area contributed by atoms with Crippen molar-refractivity contribution in [3.05, 3.63) is 22.3 Å². The summed E-state index contributed by atoms with van der Waals surface area (Å²) in [7, 11) is 1.40. The standard InChI is InChI=1S/C11H12Cl2N2O2/c1-17-11(16)7-2-3-15(6-7)10-9(13)4-8(12)5-14-10/h4-5,7H,2-3,6H2,1H3. The Morgan fingerprint density at radius 3 is 3.00 bits per heavy atom. The number of pyridine rings is 1. The van der Waals surface area contributed by atoms with Crippen molar-refractivity contribution in [1.82, 2.24) is 4.98 Å². The highest BCUT2D eigenvalue weighted by Gasteiger charge is 2.30. The molecule has 92 valence electrons. The molecule has 17 heavy (non-hydrogen) atoms. The Balaban J connectivity index is 2.12. The number of hydrogen-bond donors (Lipinski definition) is 0. The fourth-order valence-electron chi connectivity index (χ4n) is 1.95. The van der Waals surface area contributed by atoms with Gasteiger partial charge in [0.2, 0.25) is 0 Å². The Kier molecular flexibility index (Phi) is 3.74. The maximum Gasteiger partial charge on any atom is 0.310 e. The molecular weight excluding hydrogens is 263 g/mol. The van der Waals surface area contributed by atoms with Crippen LogP contribution < -0.4 is 4.90 Å². The summed E-state index contributed by atoms with van der Waals surface area (Å²) in [6.07, 6.45) is 2.31. The highest BCUT2D eigenvalue weighted by Crippen LogP contribution is 2.30. The van der Waals surface area contributed by atoms with Crippen molar-refractivity contribution in [3.63, 3.8) is 0 Å². The van der Waals surface area contributed by atoms with E-state index in [1.165, 1.54) is 7.11 Å². The third-order valence-corrected chi connectivity index (χ3v) is 3.30.